The summed E-state index contributed by atoms with van der Waals surface area (Å²) in [5, 5.41) is 10.0. The van der Waals surface area contributed by atoms with Gasteiger partial charge in [0.05, 0.1) is 29.6 Å². The van der Waals surface area contributed by atoms with E-state index in [1.165, 1.54) is 0 Å². The van der Waals surface area contributed by atoms with Crippen LogP contribution in [0.25, 0.3) is 11.0 Å². The molecule has 3 aromatic rings. The van der Waals surface area contributed by atoms with Gasteiger partial charge in [-0.3, -0.25) is 9.89 Å². The number of hydrogen-bond donors (Lipinski definition) is 2. The number of imidazole rings is 1. The van der Waals surface area contributed by atoms with Gasteiger partial charge in [-0.15, -0.1) is 0 Å². The summed E-state index contributed by atoms with van der Waals surface area (Å²) in [5.74, 6) is 0.513. The van der Waals surface area contributed by atoms with Crippen molar-refractivity contribution in [2.45, 2.75) is 25.8 Å². The predicted octanol–water partition coefficient (Wildman–Crippen LogP) is 2.35. The lowest BCUT2D eigenvalue weighted by atomic mass is 10.0. The van der Waals surface area contributed by atoms with Gasteiger partial charge in [0.15, 0.2) is 0 Å². The number of para-hydroxylation sites is 2. The molecule has 4 rings (SSSR count). The molecule has 0 spiro atoms. The molecule has 1 atom stereocenters. The number of aromatic nitrogens is 4. The normalized spacial score (nSPS) is 17.0. The zero-order valence-corrected chi connectivity index (χ0v) is 14.6. The lowest BCUT2D eigenvalue weighted by molar-refractivity contribution is 0.0947. The number of H-pyrrole nitrogens is 1. The maximum atomic E-state index is 12.2. The molecule has 0 radical (unpaired) electrons. The first-order valence-electron chi connectivity index (χ1n) is 9.10. The lowest BCUT2D eigenvalue weighted by Crippen LogP contribution is -2.25. The quantitative estimate of drug-likeness (QED) is 0.639. The summed E-state index contributed by atoms with van der Waals surface area (Å²) >= 11 is 0. The Kier molecular flexibility index (Phi) is 4.97. The smallest absolute Gasteiger partial charge is 0.271 e. The van der Waals surface area contributed by atoms with Crippen molar-refractivity contribution in [3.8, 4) is 0 Å². The molecule has 3 heterocycles. The largest absolute Gasteiger partial charge is 0.381 e. The third kappa shape index (κ3) is 3.77. The van der Waals surface area contributed by atoms with Crippen LogP contribution in [0.3, 0.4) is 0 Å². The minimum absolute atomic E-state index is 0.134. The summed E-state index contributed by atoms with van der Waals surface area (Å²) in [5.41, 5.74) is 3.32. The van der Waals surface area contributed by atoms with Crippen molar-refractivity contribution in [3.05, 3.63) is 48.0 Å². The topological polar surface area (TPSA) is 84.8 Å². The van der Waals surface area contributed by atoms with E-state index >= 15 is 0 Å². The number of ether oxygens (including phenoxy) is 1. The Balaban J connectivity index is 1.30. The molecule has 1 fully saturated rings. The van der Waals surface area contributed by atoms with Gasteiger partial charge in [0.2, 0.25) is 0 Å². The van der Waals surface area contributed by atoms with E-state index < -0.39 is 0 Å². The van der Waals surface area contributed by atoms with Crippen LogP contribution in [0.4, 0.5) is 0 Å². The number of nitrogens with zero attached hydrogens (tertiary/aromatic N) is 3. The summed E-state index contributed by atoms with van der Waals surface area (Å²) in [6.45, 7) is 3.00. The number of carbonyl (C=O) groups excluding carboxylic acids is 1. The summed E-state index contributed by atoms with van der Waals surface area (Å²) in [6.07, 6.45) is 5.01. The lowest BCUT2D eigenvalue weighted by Gasteiger charge is -2.07. The van der Waals surface area contributed by atoms with E-state index in [1.54, 1.807) is 12.4 Å². The number of carbonyl (C=O) groups is 1. The first-order chi connectivity index (χ1) is 12.8. The first kappa shape index (κ1) is 16.8. The molecule has 0 bridgehead atoms. The Hall–Kier alpha value is -2.67. The van der Waals surface area contributed by atoms with Crippen molar-refractivity contribution in [1.29, 1.82) is 0 Å². The maximum absolute atomic E-state index is 12.2. The third-order valence-electron chi connectivity index (χ3n) is 4.83. The SMILES string of the molecule is O=C(NCCCC1CCOC1)c1cc(Cn2cnc3ccccc32)[nH]n1. The second-order valence-electron chi connectivity index (χ2n) is 6.77. The van der Waals surface area contributed by atoms with E-state index in [-0.39, 0.29) is 5.91 Å². The van der Waals surface area contributed by atoms with Gasteiger partial charge in [0, 0.05) is 19.8 Å². The van der Waals surface area contributed by atoms with Crippen molar-refractivity contribution in [3.63, 3.8) is 0 Å². The Morgan fingerprint density at radius 1 is 1.38 bits per heavy atom. The average Bonchev–Trinajstić information content (AvgIpc) is 3.41. The van der Waals surface area contributed by atoms with E-state index in [0.717, 1.165) is 49.2 Å². The van der Waals surface area contributed by atoms with Gasteiger partial charge in [-0.1, -0.05) is 12.1 Å². The van der Waals surface area contributed by atoms with Crippen LogP contribution in [0, 0.1) is 5.92 Å². The third-order valence-corrected chi connectivity index (χ3v) is 4.83. The summed E-state index contributed by atoms with van der Waals surface area (Å²) < 4.78 is 7.41. The van der Waals surface area contributed by atoms with Crippen LogP contribution < -0.4 is 5.32 Å². The molecule has 26 heavy (non-hydrogen) atoms. The molecule has 7 nitrogen and oxygen atoms in total. The summed E-state index contributed by atoms with van der Waals surface area (Å²) in [7, 11) is 0. The van der Waals surface area contributed by atoms with Crippen molar-refractivity contribution >= 4 is 16.9 Å². The van der Waals surface area contributed by atoms with Crippen LogP contribution in [-0.4, -0.2) is 45.4 Å². The fourth-order valence-corrected chi connectivity index (χ4v) is 3.37. The van der Waals surface area contributed by atoms with Crippen LogP contribution in [-0.2, 0) is 11.3 Å². The number of rotatable bonds is 7. The molecule has 1 unspecified atom stereocenters. The van der Waals surface area contributed by atoms with Crippen molar-refractivity contribution in [2.24, 2.45) is 5.92 Å². The molecular weight excluding hydrogens is 330 g/mol. The fraction of sp³-hybridized carbons (Fsp3) is 0.421. The average molecular weight is 353 g/mol. The number of nitrogens with one attached hydrogen (secondary N) is 2. The van der Waals surface area contributed by atoms with Gasteiger partial charge in [-0.05, 0) is 43.4 Å². The monoisotopic (exact) mass is 353 g/mol. The molecule has 0 aliphatic carbocycles. The molecule has 2 N–H and O–H groups in total. The molecule has 1 aromatic carbocycles. The molecule has 2 aromatic heterocycles. The van der Waals surface area contributed by atoms with Crippen molar-refractivity contribution < 1.29 is 9.53 Å². The van der Waals surface area contributed by atoms with E-state index in [0.29, 0.717) is 24.7 Å². The molecular formula is C19H23N5O2. The van der Waals surface area contributed by atoms with Gasteiger partial charge in [0.1, 0.15) is 5.69 Å². The predicted molar refractivity (Wildman–Crippen MR) is 97.9 cm³/mol. The van der Waals surface area contributed by atoms with Crippen LogP contribution in [0.2, 0.25) is 0 Å². The highest BCUT2D eigenvalue weighted by molar-refractivity contribution is 5.92. The molecule has 7 heteroatoms. The molecule has 1 saturated heterocycles. The Bertz CT molecular complexity index is 879. The fourth-order valence-electron chi connectivity index (χ4n) is 3.37. The van der Waals surface area contributed by atoms with Crippen LogP contribution in [0.5, 0.6) is 0 Å². The highest BCUT2D eigenvalue weighted by Crippen LogP contribution is 2.17. The number of hydrogen-bond acceptors (Lipinski definition) is 4. The van der Waals surface area contributed by atoms with Crippen molar-refractivity contribution in [2.75, 3.05) is 19.8 Å². The van der Waals surface area contributed by atoms with Gasteiger partial charge < -0.3 is 14.6 Å². The molecule has 0 saturated carbocycles. The summed E-state index contributed by atoms with van der Waals surface area (Å²) in [6, 6.07) is 9.77. The molecule has 136 valence electrons. The van der Waals surface area contributed by atoms with E-state index in [2.05, 4.69) is 20.5 Å². The highest BCUT2D eigenvalue weighted by Gasteiger charge is 2.15. The number of amides is 1. The van der Waals surface area contributed by atoms with Gasteiger partial charge >= 0.3 is 0 Å². The van der Waals surface area contributed by atoms with Crippen LogP contribution in [0.1, 0.15) is 35.4 Å². The minimum Gasteiger partial charge on any atom is -0.381 e. The van der Waals surface area contributed by atoms with E-state index in [4.69, 9.17) is 4.74 Å². The summed E-state index contributed by atoms with van der Waals surface area (Å²) in [4.78, 5) is 16.6. The Labute approximate surface area is 151 Å². The molecule has 1 aliphatic heterocycles. The zero-order chi connectivity index (χ0) is 17.8. The van der Waals surface area contributed by atoms with Crippen LogP contribution in [0.15, 0.2) is 36.7 Å². The first-order valence-corrected chi connectivity index (χ1v) is 9.10. The number of benzene rings is 1. The number of fused-ring (bicyclic) bond motifs is 1. The minimum atomic E-state index is -0.134. The van der Waals surface area contributed by atoms with Gasteiger partial charge in [-0.2, -0.15) is 5.10 Å². The Morgan fingerprint density at radius 3 is 3.19 bits per heavy atom. The Morgan fingerprint density at radius 2 is 2.31 bits per heavy atom. The standard InChI is InChI=1S/C19H23N5O2/c25-19(20-8-3-4-14-7-9-26-12-14)17-10-15(22-23-17)11-24-13-21-16-5-1-2-6-18(16)24/h1-2,5-6,10,13-14H,3-4,7-9,11-12H2,(H,20,25)(H,22,23). The van der Waals surface area contributed by atoms with E-state index in [1.807, 2.05) is 28.8 Å². The second kappa shape index (κ2) is 7.70. The molecule has 1 aliphatic rings. The number of aromatic amines is 1. The van der Waals surface area contributed by atoms with E-state index in [9.17, 15) is 4.79 Å². The zero-order valence-electron chi connectivity index (χ0n) is 14.6. The van der Waals surface area contributed by atoms with Gasteiger partial charge in [0.25, 0.3) is 5.91 Å². The maximum Gasteiger partial charge on any atom is 0.271 e. The second-order valence-corrected chi connectivity index (χ2v) is 6.77. The van der Waals surface area contributed by atoms with Crippen LogP contribution >= 0.6 is 0 Å². The highest BCUT2D eigenvalue weighted by atomic mass is 16.5. The molecule has 1 amide bonds. The van der Waals surface area contributed by atoms with Crippen molar-refractivity contribution in [1.82, 2.24) is 25.1 Å². The van der Waals surface area contributed by atoms with Gasteiger partial charge in [-0.25, -0.2) is 4.98 Å².